The molecular formula is C23H24N4O3S2. The molecule has 0 amide bonds. The standard InChI is InChI=1S/C23H24N4O3S2/c1-2-3-8-18-17(9-5-10-21(18)32(24,29)30)19-14-31-20-12-25-23(27-22(19)20)26-16-7-4-6-15(11-16)13-28/h4-7,9-12,14,28H,2-3,8,13H2,1H3,(H2,24,29,30)(H,25,26,27). The average Bonchev–Trinajstić information content (AvgIpc) is 3.20. The van der Waals surface area contributed by atoms with Crippen molar-refractivity contribution in [1.29, 1.82) is 0 Å². The zero-order valence-electron chi connectivity index (χ0n) is 17.6. The number of unbranched alkanes of at least 4 members (excludes halogenated alkanes) is 1. The first-order valence-electron chi connectivity index (χ1n) is 10.3. The molecule has 0 unspecified atom stereocenters. The molecule has 32 heavy (non-hydrogen) atoms. The fraction of sp³-hybridized carbons (Fsp3) is 0.217. The van der Waals surface area contributed by atoms with Gasteiger partial charge in [-0.15, -0.1) is 11.3 Å². The largest absolute Gasteiger partial charge is 0.392 e. The van der Waals surface area contributed by atoms with Crippen LogP contribution in [-0.2, 0) is 23.1 Å². The number of aliphatic hydroxyl groups is 1. The number of aliphatic hydroxyl groups excluding tert-OH is 1. The van der Waals surface area contributed by atoms with Gasteiger partial charge in [-0.25, -0.2) is 23.5 Å². The minimum atomic E-state index is -3.85. The highest BCUT2D eigenvalue weighted by Crippen LogP contribution is 2.37. The van der Waals surface area contributed by atoms with Crippen LogP contribution in [0.4, 0.5) is 11.6 Å². The molecule has 0 fully saturated rings. The molecular weight excluding hydrogens is 444 g/mol. The third kappa shape index (κ3) is 4.66. The number of primary sulfonamides is 1. The van der Waals surface area contributed by atoms with E-state index >= 15 is 0 Å². The number of rotatable bonds is 8. The molecule has 4 rings (SSSR count). The number of nitrogens with zero attached hydrogens (tertiary/aromatic N) is 2. The normalized spacial score (nSPS) is 11.7. The molecule has 4 N–H and O–H groups in total. The van der Waals surface area contributed by atoms with Gasteiger partial charge in [0.15, 0.2) is 0 Å². The third-order valence-electron chi connectivity index (χ3n) is 5.19. The van der Waals surface area contributed by atoms with Crippen molar-refractivity contribution in [2.75, 3.05) is 5.32 Å². The maximum atomic E-state index is 12.2. The fourth-order valence-electron chi connectivity index (χ4n) is 3.65. The minimum Gasteiger partial charge on any atom is -0.392 e. The number of hydrogen-bond acceptors (Lipinski definition) is 7. The van der Waals surface area contributed by atoms with Gasteiger partial charge in [0.25, 0.3) is 0 Å². The Hall–Kier alpha value is -2.85. The molecule has 0 aliphatic heterocycles. The number of fused-ring (bicyclic) bond motifs is 1. The van der Waals surface area contributed by atoms with Crippen LogP contribution >= 0.6 is 11.3 Å². The Labute approximate surface area is 191 Å². The Balaban J connectivity index is 1.81. The zero-order chi connectivity index (χ0) is 22.7. The van der Waals surface area contributed by atoms with Crippen LogP contribution in [0.2, 0.25) is 0 Å². The van der Waals surface area contributed by atoms with Crippen LogP contribution in [0.25, 0.3) is 21.3 Å². The molecule has 7 nitrogen and oxygen atoms in total. The first kappa shape index (κ1) is 22.3. The smallest absolute Gasteiger partial charge is 0.238 e. The summed E-state index contributed by atoms with van der Waals surface area (Å²) in [5.41, 5.74) is 4.70. The van der Waals surface area contributed by atoms with Crippen LogP contribution in [0.5, 0.6) is 0 Å². The summed E-state index contributed by atoms with van der Waals surface area (Å²) in [5.74, 6) is 0.421. The molecule has 0 aliphatic rings. The topological polar surface area (TPSA) is 118 Å². The van der Waals surface area contributed by atoms with Gasteiger partial charge in [-0.2, -0.15) is 0 Å². The van der Waals surface area contributed by atoms with Gasteiger partial charge in [-0.05, 0) is 47.7 Å². The van der Waals surface area contributed by atoms with Gasteiger partial charge in [0.2, 0.25) is 16.0 Å². The van der Waals surface area contributed by atoms with E-state index in [0.29, 0.717) is 12.4 Å². The number of sulfonamides is 1. The average molecular weight is 469 g/mol. The number of benzene rings is 2. The molecule has 2 aromatic carbocycles. The Morgan fingerprint density at radius 2 is 1.97 bits per heavy atom. The van der Waals surface area contributed by atoms with Crippen molar-refractivity contribution < 1.29 is 13.5 Å². The molecule has 0 radical (unpaired) electrons. The number of thiophene rings is 1. The van der Waals surface area contributed by atoms with Crippen molar-refractivity contribution in [1.82, 2.24) is 9.97 Å². The van der Waals surface area contributed by atoms with Gasteiger partial charge < -0.3 is 10.4 Å². The summed E-state index contributed by atoms with van der Waals surface area (Å²) in [5, 5.41) is 20.0. The number of aromatic nitrogens is 2. The molecule has 2 heterocycles. The van der Waals surface area contributed by atoms with Gasteiger partial charge in [0, 0.05) is 16.6 Å². The highest BCUT2D eigenvalue weighted by molar-refractivity contribution is 7.89. The summed E-state index contributed by atoms with van der Waals surface area (Å²) in [6.45, 7) is 2.02. The van der Waals surface area contributed by atoms with Crippen LogP contribution in [0.1, 0.15) is 30.9 Å². The molecule has 2 aromatic heterocycles. The second kappa shape index (κ2) is 9.33. The van der Waals surface area contributed by atoms with E-state index in [-0.39, 0.29) is 11.5 Å². The van der Waals surface area contributed by atoms with Gasteiger partial charge in [0.05, 0.1) is 27.9 Å². The Morgan fingerprint density at radius 1 is 1.16 bits per heavy atom. The molecule has 0 saturated heterocycles. The Morgan fingerprint density at radius 3 is 2.72 bits per heavy atom. The molecule has 0 saturated carbocycles. The van der Waals surface area contributed by atoms with E-state index in [1.54, 1.807) is 18.3 Å². The molecule has 9 heteroatoms. The number of nitrogens with one attached hydrogen (secondary N) is 1. The Bertz CT molecular complexity index is 1370. The first-order valence-corrected chi connectivity index (χ1v) is 12.7. The van der Waals surface area contributed by atoms with Crippen LogP contribution in [0, 0.1) is 0 Å². The molecule has 0 aliphatic carbocycles. The molecule has 0 spiro atoms. The lowest BCUT2D eigenvalue weighted by atomic mass is 9.97. The van der Waals surface area contributed by atoms with E-state index in [1.807, 2.05) is 35.7 Å². The van der Waals surface area contributed by atoms with Crippen LogP contribution < -0.4 is 10.5 Å². The van der Waals surface area contributed by atoms with Crippen molar-refractivity contribution in [2.24, 2.45) is 5.14 Å². The lowest BCUT2D eigenvalue weighted by molar-refractivity contribution is 0.282. The van der Waals surface area contributed by atoms with E-state index < -0.39 is 10.0 Å². The maximum absolute atomic E-state index is 12.2. The summed E-state index contributed by atoms with van der Waals surface area (Å²) >= 11 is 1.51. The molecule has 0 bridgehead atoms. The summed E-state index contributed by atoms with van der Waals surface area (Å²) < 4.78 is 25.4. The van der Waals surface area contributed by atoms with Crippen molar-refractivity contribution in [3.8, 4) is 11.1 Å². The predicted molar refractivity (Wildman–Crippen MR) is 128 cm³/mol. The fourth-order valence-corrected chi connectivity index (χ4v) is 5.34. The third-order valence-corrected chi connectivity index (χ3v) is 7.09. The van der Waals surface area contributed by atoms with E-state index in [2.05, 4.69) is 17.2 Å². The number of anilines is 2. The minimum absolute atomic E-state index is 0.0506. The summed E-state index contributed by atoms with van der Waals surface area (Å²) in [6.07, 6.45) is 4.15. The van der Waals surface area contributed by atoms with E-state index in [9.17, 15) is 13.5 Å². The SMILES string of the molecule is CCCCc1c(-c2csc3cnc(Nc4cccc(CO)c4)nc23)cccc1S(N)(=O)=O. The number of nitrogens with two attached hydrogens (primary N) is 1. The molecule has 4 aromatic rings. The van der Waals surface area contributed by atoms with Gasteiger partial charge in [0.1, 0.15) is 0 Å². The van der Waals surface area contributed by atoms with Crippen molar-refractivity contribution in [3.63, 3.8) is 0 Å². The van der Waals surface area contributed by atoms with Crippen molar-refractivity contribution in [2.45, 2.75) is 37.7 Å². The molecule has 166 valence electrons. The highest BCUT2D eigenvalue weighted by atomic mass is 32.2. The van der Waals surface area contributed by atoms with Crippen LogP contribution in [-0.4, -0.2) is 23.5 Å². The van der Waals surface area contributed by atoms with E-state index in [0.717, 1.165) is 51.0 Å². The van der Waals surface area contributed by atoms with Crippen LogP contribution in [0.3, 0.4) is 0 Å². The zero-order valence-corrected chi connectivity index (χ0v) is 19.2. The summed E-state index contributed by atoms with van der Waals surface area (Å²) in [7, 11) is -3.85. The van der Waals surface area contributed by atoms with Crippen molar-refractivity contribution >= 4 is 43.2 Å². The summed E-state index contributed by atoms with van der Waals surface area (Å²) in [6, 6.07) is 12.6. The van der Waals surface area contributed by atoms with E-state index in [4.69, 9.17) is 10.1 Å². The first-order chi connectivity index (χ1) is 15.4. The summed E-state index contributed by atoms with van der Waals surface area (Å²) in [4.78, 5) is 9.29. The Kier molecular flexibility index (Phi) is 6.52. The lowest BCUT2D eigenvalue weighted by Gasteiger charge is -2.13. The second-order valence-electron chi connectivity index (χ2n) is 7.47. The molecule has 0 atom stereocenters. The van der Waals surface area contributed by atoms with Crippen molar-refractivity contribution in [3.05, 3.63) is 65.2 Å². The van der Waals surface area contributed by atoms with Gasteiger partial charge in [-0.3, -0.25) is 0 Å². The monoisotopic (exact) mass is 468 g/mol. The van der Waals surface area contributed by atoms with Gasteiger partial charge in [-0.1, -0.05) is 37.6 Å². The van der Waals surface area contributed by atoms with Gasteiger partial charge >= 0.3 is 0 Å². The lowest BCUT2D eigenvalue weighted by Crippen LogP contribution is -2.15. The van der Waals surface area contributed by atoms with Crippen LogP contribution in [0.15, 0.2) is 58.9 Å². The number of hydrogen-bond donors (Lipinski definition) is 3. The maximum Gasteiger partial charge on any atom is 0.238 e. The predicted octanol–water partition coefficient (Wildman–Crippen LogP) is 4.58. The second-order valence-corrected chi connectivity index (χ2v) is 9.91. The quantitative estimate of drug-likeness (QED) is 0.348. The van der Waals surface area contributed by atoms with E-state index in [1.165, 1.54) is 11.3 Å². The highest BCUT2D eigenvalue weighted by Gasteiger charge is 2.20.